The SMILES string of the molecule is COCCCn1cc(CN(C(=O)[C@H]2CN(C(=O)OC(C)(C)C)CC[C@@H]2c2cccc(O)c2)C2=CC2)c2ccccc21. The van der Waals surface area contributed by atoms with Gasteiger partial charge in [-0.1, -0.05) is 36.4 Å². The smallest absolute Gasteiger partial charge is 0.410 e. The summed E-state index contributed by atoms with van der Waals surface area (Å²) >= 11 is 0. The zero-order chi connectivity index (χ0) is 29.1. The molecule has 3 aromatic rings. The number of para-hydroxylation sites is 1. The van der Waals surface area contributed by atoms with Crippen LogP contribution < -0.4 is 0 Å². The number of hydrogen-bond donors (Lipinski definition) is 1. The Hall–Kier alpha value is -3.78. The second kappa shape index (κ2) is 12.0. The number of fused-ring (bicyclic) bond motifs is 1. The lowest BCUT2D eigenvalue weighted by atomic mass is 9.79. The third kappa shape index (κ3) is 6.76. The lowest BCUT2D eigenvalue weighted by Crippen LogP contribution is -2.50. The summed E-state index contributed by atoms with van der Waals surface area (Å²) in [5.74, 6) is -0.446. The molecular weight excluding hydrogens is 518 g/mol. The average Bonchev–Trinajstić information content (AvgIpc) is 3.73. The molecular formula is C33H41N3O5. The van der Waals surface area contributed by atoms with Crippen molar-refractivity contribution in [3.8, 4) is 5.75 Å². The molecule has 2 heterocycles. The average molecular weight is 560 g/mol. The number of methoxy groups -OCH3 is 1. The molecule has 0 unspecified atom stereocenters. The maximum absolute atomic E-state index is 14.5. The van der Waals surface area contributed by atoms with Gasteiger partial charge in [-0.3, -0.25) is 4.79 Å². The van der Waals surface area contributed by atoms with Gasteiger partial charge in [0.15, 0.2) is 0 Å². The van der Waals surface area contributed by atoms with Crippen molar-refractivity contribution < 1.29 is 24.2 Å². The third-order valence-corrected chi connectivity index (χ3v) is 7.83. The van der Waals surface area contributed by atoms with E-state index in [9.17, 15) is 14.7 Å². The summed E-state index contributed by atoms with van der Waals surface area (Å²) < 4.78 is 13.2. The normalized spacial score (nSPS) is 18.7. The van der Waals surface area contributed by atoms with Crippen molar-refractivity contribution in [3.05, 3.63) is 77.6 Å². The van der Waals surface area contributed by atoms with Gasteiger partial charge in [0.2, 0.25) is 5.91 Å². The van der Waals surface area contributed by atoms with Crippen LogP contribution in [0.1, 0.15) is 57.1 Å². The van der Waals surface area contributed by atoms with Gasteiger partial charge in [0.05, 0.1) is 12.5 Å². The molecule has 0 radical (unpaired) electrons. The molecule has 8 nitrogen and oxygen atoms in total. The van der Waals surface area contributed by atoms with Crippen molar-refractivity contribution in [2.75, 3.05) is 26.8 Å². The molecule has 2 aliphatic rings. The Morgan fingerprint density at radius 2 is 1.90 bits per heavy atom. The number of aromatic hydroxyl groups is 1. The predicted molar refractivity (Wildman–Crippen MR) is 158 cm³/mol. The topological polar surface area (TPSA) is 84.2 Å². The van der Waals surface area contributed by atoms with E-state index in [1.54, 1.807) is 24.1 Å². The summed E-state index contributed by atoms with van der Waals surface area (Å²) in [5.41, 5.74) is 3.53. The van der Waals surface area contributed by atoms with Crippen molar-refractivity contribution in [3.63, 3.8) is 0 Å². The van der Waals surface area contributed by atoms with Crippen LogP contribution in [-0.4, -0.2) is 63.9 Å². The number of piperidine rings is 1. The van der Waals surface area contributed by atoms with Gasteiger partial charge in [-0.05, 0) is 68.9 Å². The van der Waals surface area contributed by atoms with E-state index >= 15 is 0 Å². The highest BCUT2D eigenvalue weighted by Gasteiger charge is 2.41. The summed E-state index contributed by atoms with van der Waals surface area (Å²) in [6.45, 7) is 8.26. The van der Waals surface area contributed by atoms with Gasteiger partial charge < -0.3 is 28.9 Å². The molecule has 0 spiro atoms. The van der Waals surface area contributed by atoms with Gasteiger partial charge in [0.1, 0.15) is 11.4 Å². The number of rotatable bonds is 9. The van der Waals surface area contributed by atoms with Crippen LogP contribution in [0, 0.1) is 5.92 Å². The van der Waals surface area contributed by atoms with E-state index in [1.807, 2.05) is 49.9 Å². The number of aromatic nitrogens is 1. The Labute approximate surface area is 242 Å². The maximum atomic E-state index is 14.5. The van der Waals surface area contributed by atoms with E-state index < -0.39 is 17.6 Å². The Bertz CT molecular complexity index is 1440. The number of benzene rings is 2. The molecule has 1 aromatic heterocycles. The summed E-state index contributed by atoms with van der Waals surface area (Å²) in [6.07, 6.45) is 6.11. The Morgan fingerprint density at radius 3 is 2.61 bits per heavy atom. The molecule has 5 rings (SSSR count). The van der Waals surface area contributed by atoms with Crippen molar-refractivity contribution in [1.82, 2.24) is 14.4 Å². The van der Waals surface area contributed by atoms with Gasteiger partial charge in [-0.15, -0.1) is 0 Å². The molecule has 1 fully saturated rings. The van der Waals surface area contributed by atoms with Crippen LogP contribution in [-0.2, 0) is 27.4 Å². The summed E-state index contributed by atoms with van der Waals surface area (Å²) in [7, 11) is 1.71. The van der Waals surface area contributed by atoms with Crippen LogP contribution in [0.3, 0.4) is 0 Å². The third-order valence-electron chi connectivity index (χ3n) is 7.83. The lowest BCUT2D eigenvalue weighted by molar-refractivity contribution is -0.136. The minimum atomic E-state index is -0.624. The number of likely N-dealkylation sites (tertiary alicyclic amines) is 1. The first-order chi connectivity index (χ1) is 19.6. The van der Waals surface area contributed by atoms with E-state index in [2.05, 4.69) is 29.0 Å². The Morgan fingerprint density at radius 1 is 1.12 bits per heavy atom. The van der Waals surface area contributed by atoms with Crippen LogP contribution in [0.15, 0.2) is 66.5 Å². The fourth-order valence-corrected chi connectivity index (χ4v) is 5.82. The molecule has 1 aliphatic heterocycles. The largest absolute Gasteiger partial charge is 0.508 e. The van der Waals surface area contributed by atoms with E-state index in [0.29, 0.717) is 26.1 Å². The minimum absolute atomic E-state index is 0.00781. The molecule has 1 saturated heterocycles. The second-order valence-electron chi connectivity index (χ2n) is 12.1. The van der Waals surface area contributed by atoms with E-state index in [-0.39, 0.29) is 24.1 Å². The van der Waals surface area contributed by atoms with Gasteiger partial charge in [-0.25, -0.2) is 4.79 Å². The summed E-state index contributed by atoms with van der Waals surface area (Å²) in [5, 5.41) is 11.4. The second-order valence-corrected chi connectivity index (χ2v) is 12.1. The molecule has 2 amide bonds. The van der Waals surface area contributed by atoms with Crippen LogP contribution in [0.2, 0.25) is 0 Å². The molecule has 8 heteroatoms. The lowest BCUT2D eigenvalue weighted by Gasteiger charge is -2.40. The summed E-state index contributed by atoms with van der Waals surface area (Å²) in [6, 6.07) is 15.5. The van der Waals surface area contributed by atoms with Gasteiger partial charge >= 0.3 is 6.09 Å². The fourth-order valence-electron chi connectivity index (χ4n) is 5.82. The molecule has 2 atom stereocenters. The zero-order valence-corrected chi connectivity index (χ0v) is 24.5. The molecule has 218 valence electrons. The first-order valence-electron chi connectivity index (χ1n) is 14.5. The van der Waals surface area contributed by atoms with Crippen LogP contribution in [0.4, 0.5) is 4.79 Å². The first kappa shape index (κ1) is 28.7. The van der Waals surface area contributed by atoms with Crippen molar-refractivity contribution in [2.24, 2.45) is 5.92 Å². The Balaban J connectivity index is 1.45. The zero-order valence-electron chi connectivity index (χ0n) is 24.5. The number of phenols is 1. The van der Waals surface area contributed by atoms with Crippen molar-refractivity contribution >= 4 is 22.9 Å². The van der Waals surface area contributed by atoms with Crippen LogP contribution in [0.5, 0.6) is 5.75 Å². The molecule has 41 heavy (non-hydrogen) atoms. The van der Waals surface area contributed by atoms with Gasteiger partial charge in [0.25, 0.3) is 0 Å². The fraction of sp³-hybridized carbons (Fsp3) is 0.455. The van der Waals surface area contributed by atoms with Crippen LogP contribution >= 0.6 is 0 Å². The maximum Gasteiger partial charge on any atom is 0.410 e. The minimum Gasteiger partial charge on any atom is -0.508 e. The molecule has 0 saturated carbocycles. The number of carbonyl (C=O) groups excluding carboxylic acids is 2. The van der Waals surface area contributed by atoms with E-state index in [0.717, 1.165) is 47.1 Å². The highest BCUT2D eigenvalue weighted by atomic mass is 16.6. The summed E-state index contributed by atoms with van der Waals surface area (Å²) in [4.78, 5) is 31.1. The standard InChI is InChI=1S/C33H41N3O5/c1-33(2,3)41-32(39)35-17-15-27(23-9-7-10-26(37)19-23)29(22-35)31(38)36(25-13-14-25)21-24-20-34(16-8-18-40-4)30-12-6-5-11-28(24)30/h5-7,9-13,19-20,27,29,37H,8,14-18,21-22H2,1-4H3/t27-,29+/m1/s1. The van der Waals surface area contributed by atoms with E-state index in [4.69, 9.17) is 9.47 Å². The number of carbonyl (C=O) groups is 2. The Kier molecular flexibility index (Phi) is 8.40. The van der Waals surface area contributed by atoms with Crippen molar-refractivity contribution in [2.45, 2.75) is 64.6 Å². The molecule has 1 aliphatic carbocycles. The number of phenolic OH excluding ortho intramolecular Hbond substituents is 1. The molecule has 2 aromatic carbocycles. The monoisotopic (exact) mass is 559 g/mol. The number of amides is 2. The number of nitrogens with zero attached hydrogens (tertiary/aromatic N) is 3. The van der Waals surface area contributed by atoms with Crippen molar-refractivity contribution in [1.29, 1.82) is 0 Å². The molecule has 1 N–H and O–H groups in total. The van der Waals surface area contributed by atoms with Gasteiger partial charge in [-0.2, -0.15) is 0 Å². The first-order valence-corrected chi connectivity index (χ1v) is 14.5. The highest BCUT2D eigenvalue weighted by Crippen LogP contribution is 2.39. The number of ether oxygens (including phenoxy) is 2. The number of aryl methyl sites for hydroxylation is 1. The predicted octanol–water partition coefficient (Wildman–Crippen LogP) is 6.04. The highest BCUT2D eigenvalue weighted by molar-refractivity contribution is 5.87. The van der Waals surface area contributed by atoms with Crippen LogP contribution in [0.25, 0.3) is 10.9 Å². The quantitative estimate of drug-likeness (QED) is 0.323. The van der Waals surface area contributed by atoms with Gasteiger partial charge in [0, 0.05) is 62.6 Å². The van der Waals surface area contributed by atoms with E-state index in [1.165, 1.54) is 0 Å². The number of allylic oxidation sites excluding steroid dienone is 2. The molecule has 0 bridgehead atoms. The number of hydrogen-bond acceptors (Lipinski definition) is 5.